The average molecular weight is 188 g/mol. The Hall–Kier alpha value is -0.650. The molecule has 0 unspecified atom stereocenters. The molecule has 0 heterocycles. The Morgan fingerprint density at radius 1 is 1.54 bits per heavy atom. The van der Waals surface area contributed by atoms with Crippen molar-refractivity contribution < 1.29 is 15.0 Å². The topological polar surface area (TPSA) is 95.6 Å². The molecule has 0 aromatic heterocycles. The first-order chi connectivity index (χ1) is 5.96. The van der Waals surface area contributed by atoms with E-state index in [-0.39, 0.29) is 19.1 Å². The van der Waals surface area contributed by atoms with Gasteiger partial charge >= 0.3 is 0 Å². The second kappa shape index (κ2) is 3.25. The van der Waals surface area contributed by atoms with Crippen molar-refractivity contribution in [1.82, 2.24) is 5.32 Å². The van der Waals surface area contributed by atoms with E-state index in [1.54, 1.807) is 6.92 Å². The number of carbonyl (C=O) groups is 1. The highest BCUT2D eigenvalue weighted by Crippen LogP contribution is 2.32. The first-order valence-electron chi connectivity index (χ1n) is 4.29. The molecule has 5 N–H and O–H groups in total. The highest BCUT2D eigenvalue weighted by atomic mass is 16.3. The number of carbonyl (C=O) groups excluding carboxylic acids is 1. The van der Waals surface area contributed by atoms with Gasteiger partial charge in [-0.1, -0.05) is 0 Å². The van der Waals surface area contributed by atoms with Crippen LogP contribution in [0.3, 0.4) is 0 Å². The predicted molar refractivity (Wildman–Crippen MR) is 46.9 cm³/mol. The van der Waals surface area contributed by atoms with Gasteiger partial charge in [-0.2, -0.15) is 0 Å². The van der Waals surface area contributed by atoms with Gasteiger partial charge in [0, 0.05) is 0 Å². The van der Waals surface area contributed by atoms with E-state index >= 15 is 0 Å². The van der Waals surface area contributed by atoms with E-state index in [1.165, 1.54) is 0 Å². The molecule has 0 saturated heterocycles. The standard InChI is InChI=1S/C8H16N2O3/c1-7(4-11,5-12)10-6(13)8(9)2-3-8/h11-12H,2-5,9H2,1H3,(H,10,13). The van der Waals surface area contributed by atoms with E-state index in [9.17, 15) is 4.79 Å². The molecule has 0 spiro atoms. The SMILES string of the molecule is CC(CO)(CO)NC(=O)C1(N)CC1. The highest BCUT2D eigenvalue weighted by Gasteiger charge is 2.47. The minimum atomic E-state index is -0.966. The largest absolute Gasteiger partial charge is 0.394 e. The second-order valence-electron chi connectivity index (χ2n) is 3.99. The molecule has 0 radical (unpaired) electrons. The van der Waals surface area contributed by atoms with Crippen LogP contribution in [0, 0.1) is 0 Å². The normalized spacial score (nSPS) is 19.7. The third kappa shape index (κ3) is 2.18. The number of hydrogen-bond donors (Lipinski definition) is 4. The van der Waals surface area contributed by atoms with Gasteiger partial charge in [0.05, 0.1) is 24.3 Å². The van der Waals surface area contributed by atoms with Gasteiger partial charge in [0.25, 0.3) is 0 Å². The fraction of sp³-hybridized carbons (Fsp3) is 0.875. The molecule has 13 heavy (non-hydrogen) atoms. The van der Waals surface area contributed by atoms with E-state index in [2.05, 4.69) is 5.32 Å². The zero-order valence-corrected chi connectivity index (χ0v) is 7.71. The van der Waals surface area contributed by atoms with E-state index in [0.717, 1.165) is 0 Å². The maximum absolute atomic E-state index is 11.4. The maximum Gasteiger partial charge on any atom is 0.240 e. The van der Waals surface area contributed by atoms with Gasteiger partial charge in [-0.15, -0.1) is 0 Å². The summed E-state index contributed by atoms with van der Waals surface area (Å²) in [4.78, 5) is 11.4. The van der Waals surface area contributed by atoms with Gasteiger partial charge < -0.3 is 21.3 Å². The van der Waals surface area contributed by atoms with Crippen molar-refractivity contribution in [3.8, 4) is 0 Å². The Kier molecular flexibility index (Phi) is 2.61. The Morgan fingerprint density at radius 3 is 2.31 bits per heavy atom. The van der Waals surface area contributed by atoms with Crippen LogP contribution >= 0.6 is 0 Å². The summed E-state index contributed by atoms with van der Waals surface area (Å²) in [6.45, 7) is 0.966. The van der Waals surface area contributed by atoms with E-state index in [1.807, 2.05) is 0 Å². The molecule has 0 aromatic carbocycles. The summed E-state index contributed by atoms with van der Waals surface area (Å²) in [5.41, 5.74) is 3.91. The predicted octanol–water partition coefficient (Wildman–Crippen LogP) is -1.66. The Morgan fingerprint density at radius 2 is 2.00 bits per heavy atom. The van der Waals surface area contributed by atoms with Crippen LogP contribution in [0.5, 0.6) is 0 Å². The van der Waals surface area contributed by atoms with Crippen molar-refractivity contribution in [2.75, 3.05) is 13.2 Å². The molecule has 0 atom stereocenters. The van der Waals surface area contributed by atoms with Crippen molar-refractivity contribution in [3.63, 3.8) is 0 Å². The van der Waals surface area contributed by atoms with Crippen molar-refractivity contribution in [2.45, 2.75) is 30.8 Å². The quantitative estimate of drug-likeness (QED) is 0.424. The number of nitrogens with one attached hydrogen (secondary N) is 1. The van der Waals surface area contributed by atoms with Gasteiger partial charge in [-0.25, -0.2) is 0 Å². The summed E-state index contributed by atoms with van der Waals surface area (Å²) < 4.78 is 0. The first kappa shape index (κ1) is 10.4. The first-order valence-corrected chi connectivity index (χ1v) is 4.29. The van der Waals surface area contributed by atoms with Crippen LogP contribution in [0.4, 0.5) is 0 Å². The van der Waals surface area contributed by atoms with Crippen LogP contribution in [-0.4, -0.2) is 40.4 Å². The van der Waals surface area contributed by atoms with Crippen molar-refractivity contribution in [2.24, 2.45) is 5.73 Å². The van der Waals surface area contributed by atoms with E-state index < -0.39 is 11.1 Å². The molecule has 1 aliphatic rings. The van der Waals surface area contributed by atoms with Crippen molar-refractivity contribution in [1.29, 1.82) is 0 Å². The molecule has 1 fully saturated rings. The maximum atomic E-state index is 11.4. The lowest BCUT2D eigenvalue weighted by molar-refractivity contribution is -0.126. The summed E-state index contributed by atoms with van der Waals surface area (Å²) >= 11 is 0. The summed E-state index contributed by atoms with van der Waals surface area (Å²) in [5, 5.41) is 20.3. The summed E-state index contributed by atoms with van der Waals surface area (Å²) in [7, 11) is 0. The third-order valence-corrected chi connectivity index (χ3v) is 2.35. The number of aliphatic hydroxyl groups excluding tert-OH is 2. The lowest BCUT2D eigenvalue weighted by Gasteiger charge is -2.27. The van der Waals surface area contributed by atoms with Crippen molar-refractivity contribution in [3.05, 3.63) is 0 Å². The Labute approximate surface area is 76.9 Å². The summed E-state index contributed by atoms with van der Waals surface area (Å²) in [6, 6.07) is 0. The van der Waals surface area contributed by atoms with Crippen LogP contribution in [-0.2, 0) is 4.79 Å². The van der Waals surface area contributed by atoms with Crippen LogP contribution in [0.2, 0.25) is 0 Å². The number of hydrogen-bond acceptors (Lipinski definition) is 4. The van der Waals surface area contributed by atoms with Gasteiger partial charge in [0.2, 0.25) is 5.91 Å². The number of amides is 1. The van der Waals surface area contributed by atoms with E-state index in [0.29, 0.717) is 12.8 Å². The fourth-order valence-corrected chi connectivity index (χ4v) is 0.889. The molecule has 1 rings (SSSR count). The zero-order valence-electron chi connectivity index (χ0n) is 7.71. The number of rotatable bonds is 4. The molecular weight excluding hydrogens is 172 g/mol. The molecule has 0 aromatic rings. The molecule has 5 heteroatoms. The zero-order chi connectivity index (χ0) is 10.1. The van der Waals surface area contributed by atoms with Crippen molar-refractivity contribution >= 4 is 5.91 Å². The molecule has 76 valence electrons. The fourth-order valence-electron chi connectivity index (χ4n) is 0.889. The molecule has 0 aliphatic heterocycles. The monoisotopic (exact) mass is 188 g/mol. The minimum absolute atomic E-state index is 0.293. The van der Waals surface area contributed by atoms with Crippen LogP contribution in [0.1, 0.15) is 19.8 Å². The summed E-state index contributed by atoms with van der Waals surface area (Å²) in [6.07, 6.45) is 1.34. The average Bonchev–Trinajstić information content (AvgIpc) is 2.85. The molecule has 1 amide bonds. The molecule has 1 saturated carbocycles. The van der Waals surface area contributed by atoms with Crippen LogP contribution in [0.15, 0.2) is 0 Å². The Balaban J connectivity index is 2.51. The molecule has 0 bridgehead atoms. The lowest BCUT2D eigenvalue weighted by atomic mass is 10.0. The molecule has 1 aliphatic carbocycles. The number of nitrogens with two attached hydrogens (primary N) is 1. The number of aliphatic hydroxyl groups is 2. The van der Waals surface area contributed by atoms with Gasteiger partial charge in [0.1, 0.15) is 0 Å². The van der Waals surface area contributed by atoms with Crippen LogP contribution in [0.25, 0.3) is 0 Å². The highest BCUT2D eigenvalue weighted by molar-refractivity contribution is 5.89. The smallest absolute Gasteiger partial charge is 0.240 e. The lowest BCUT2D eigenvalue weighted by Crippen LogP contribution is -2.57. The van der Waals surface area contributed by atoms with Crippen LogP contribution < -0.4 is 11.1 Å². The van der Waals surface area contributed by atoms with Gasteiger partial charge in [-0.3, -0.25) is 4.79 Å². The molecule has 5 nitrogen and oxygen atoms in total. The Bertz CT molecular complexity index is 209. The van der Waals surface area contributed by atoms with Gasteiger partial charge in [-0.05, 0) is 19.8 Å². The molecular formula is C8H16N2O3. The summed E-state index contributed by atoms with van der Waals surface area (Å²) in [5.74, 6) is -0.293. The second-order valence-corrected chi connectivity index (χ2v) is 3.99. The van der Waals surface area contributed by atoms with E-state index in [4.69, 9.17) is 15.9 Å². The third-order valence-electron chi connectivity index (χ3n) is 2.35. The minimum Gasteiger partial charge on any atom is -0.394 e. The van der Waals surface area contributed by atoms with Gasteiger partial charge in [0.15, 0.2) is 0 Å².